The van der Waals surface area contributed by atoms with Gasteiger partial charge in [0.2, 0.25) is 0 Å². The SMILES string of the molecule is CC(C)(N)[11C](=O)O. The molecular formula is C4H9NO2. The van der Waals surface area contributed by atoms with Crippen molar-refractivity contribution in [3.05, 3.63) is 0 Å². The molecule has 0 spiro atoms. The lowest BCUT2D eigenvalue weighted by Gasteiger charge is -2.09. The maximum absolute atomic E-state index is 9.90. The molecular weight excluding hydrogens is 93.0 g/mol. The number of rotatable bonds is 1. The van der Waals surface area contributed by atoms with Crippen molar-refractivity contribution in [3.63, 3.8) is 0 Å². The van der Waals surface area contributed by atoms with Crippen LogP contribution in [0.4, 0.5) is 0 Å². The van der Waals surface area contributed by atoms with Gasteiger partial charge in [0.1, 0.15) is 5.54 Å². The van der Waals surface area contributed by atoms with Crippen LogP contribution in [0.2, 0.25) is 0 Å². The van der Waals surface area contributed by atoms with Gasteiger partial charge >= 0.3 is 5.97 Å². The second-order valence-electron chi connectivity index (χ2n) is 2.03. The Kier molecular flexibility index (Phi) is 1.38. The third kappa shape index (κ3) is 2.17. The summed E-state index contributed by atoms with van der Waals surface area (Å²) in [7, 11) is 0. The topological polar surface area (TPSA) is 63.3 Å². The Balaban J connectivity index is 3.79. The van der Waals surface area contributed by atoms with E-state index in [1.165, 1.54) is 13.8 Å². The number of carboxylic acid groups (broad SMARTS) is 1. The van der Waals surface area contributed by atoms with Gasteiger partial charge < -0.3 is 10.8 Å². The Morgan fingerprint density at radius 1 is 1.71 bits per heavy atom. The monoisotopic (exact) mass is 102 g/mol. The molecule has 0 unspecified atom stereocenters. The first kappa shape index (κ1) is 6.43. The van der Waals surface area contributed by atoms with E-state index in [1.807, 2.05) is 0 Å². The van der Waals surface area contributed by atoms with E-state index >= 15 is 0 Å². The molecule has 0 fully saturated rings. The van der Waals surface area contributed by atoms with Crippen molar-refractivity contribution in [2.24, 2.45) is 5.73 Å². The average molecular weight is 102 g/mol. The third-order valence-corrected chi connectivity index (χ3v) is 0.551. The van der Waals surface area contributed by atoms with E-state index in [2.05, 4.69) is 0 Å². The van der Waals surface area contributed by atoms with Crippen molar-refractivity contribution in [2.45, 2.75) is 19.4 Å². The van der Waals surface area contributed by atoms with Crippen molar-refractivity contribution in [1.82, 2.24) is 0 Å². The van der Waals surface area contributed by atoms with Crippen molar-refractivity contribution >= 4 is 5.97 Å². The van der Waals surface area contributed by atoms with Crippen LogP contribution < -0.4 is 5.73 Å². The Hall–Kier alpha value is -0.570. The zero-order valence-electron chi connectivity index (χ0n) is 4.43. The molecule has 7 heavy (non-hydrogen) atoms. The minimum atomic E-state index is -1.08. The lowest BCUT2D eigenvalue weighted by molar-refractivity contribution is -0.141. The number of carbonyl (C=O) groups is 1. The van der Waals surface area contributed by atoms with E-state index in [1.54, 1.807) is 0 Å². The largest absolute Gasteiger partial charge is 0.480 e. The molecule has 0 rings (SSSR count). The maximum atomic E-state index is 9.90. The van der Waals surface area contributed by atoms with Gasteiger partial charge in [-0.25, -0.2) is 0 Å². The lowest BCUT2D eigenvalue weighted by atomic mass is 9.82. The van der Waals surface area contributed by atoms with Crippen molar-refractivity contribution in [1.29, 1.82) is 0 Å². The summed E-state index contributed by atoms with van der Waals surface area (Å²) in [6.45, 7) is 2.88. The first-order valence-corrected chi connectivity index (χ1v) is 1.97. The van der Waals surface area contributed by atoms with Crippen molar-refractivity contribution < 1.29 is 9.90 Å². The van der Waals surface area contributed by atoms with Gasteiger partial charge in [-0.1, -0.05) is 0 Å². The van der Waals surface area contributed by atoms with Crippen LogP contribution in [0.15, 0.2) is 0 Å². The van der Waals surface area contributed by atoms with Crippen LogP contribution >= 0.6 is 0 Å². The van der Waals surface area contributed by atoms with Crippen molar-refractivity contribution in [2.75, 3.05) is 0 Å². The first-order chi connectivity index (χ1) is 2.94. The highest BCUT2D eigenvalue weighted by Crippen LogP contribution is 1.93. The summed E-state index contributed by atoms with van der Waals surface area (Å²) in [6, 6.07) is 0. The molecule has 3 N–H and O–H groups in total. The highest BCUT2D eigenvalue weighted by molar-refractivity contribution is 5.77. The maximum Gasteiger partial charge on any atom is 0.323 e. The molecule has 0 heterocycles. The van der Waals surface area contributed by atoms with E-state index in [9.17, 15) is 4.79 Å². The summed E-state index contributed by atoms with van der Waals surface area (Å²) < 4.78 is 0. The molecule has 0 bridgehead atoms. The molecule has 0 aromatic heterocycles. The van der Waals surface area contributed by atoms with Crippen LogP contribution in [0, 0.1) is 0 Å². The zero-order chi connectivity index (χ0) is 6.08. The highest BCUT2D eigenvalue weighted by atomic mass is 16.3. The van der Waals surface area contributed by atoms with Crippen LogP contribution in [0.25, 0.3) is 0 Å². The van der Waals surface area contributed by atoms with Gasteiger partial charge in [-0.15, -0.1) is 0 Å². The summed E-state index contributed by atoms with van der Waals surface area (Å²) in [5.41, 5.74) is 4.00. The molecule has 0 aliphatic rings. The van der Waals surface area contributed by atoms with Crippen LogP contribution in [0.5, 0.6) is 0 Å². The van der Waals surface area contributed by atoms with Crippen LogP contribution in [0.3, 0.4) is 0 Å². The van der Waals surface area contributed by atoms with Gasteiger partial charge in [-0.3, -0.25) is 4.79 Å². The molecule has 0 saturated heterocycles. The van der Waals surface area contributed by atoms with Gasteiger partial charge in [0.15, 0.2) is 0 Å². The zero-order valence-corrected chi connectivity index (χ0v) is 4.43. The average Bonchev–Trinajstić information content (AvgIpc) is 1.31. The Labute approximate surface area is 42.1 Å². The number of hydrogen-bond donors (Lipinski definition) is 2. The molecule has 0 amide bonds. The third-order valence-electron chi connectivity index (χ3n) is 0.551. The van der Waals surface area contributed by atoms with E-state index in [0.717, 1.165) is 0 Å². The second kappa shape index (κ2) is 1.50. The van der Waals surface area contributed by atoms with E-state index in [0.29, 0.717) is 0 Å². The molecule has 0 saturated carbocycles. The molecule has 0 aliphatic heterocycles. The number of hydrogen-bond acceptors (Lipinski definition) is 2. The van der Waals surface area contributed by atoms with Crippen molar-refractivity contribution in [3.8, 4) is 0 Å². The predicted molar refractivity (Wildman–Crippen MR) is 25.9 cm³/mol. The Morgan fingerprint density at radius 2 is 1.86 bits per heavy atom. The van der Waals surface area contributed by atoms with Gasteiger partial charge in [-0.05, 0) is 13.8 Å². The normalized spacial score (nSPS) is 11.3. The minimum absolute atomic E-state index is 0.979. The predicted octanol–water partition coefficient (Wildman–Crippen LogP) is -0.192. The van der Waals surface area contributed by atoms with E-state index < -0.39 is 11.5 Å². The number of nitrogens with two attached hydrogens (primary N) is 1. The Morgan fingerprint density at radius 3 is 1.86 bits per heavy atom. The molecule has 42 valence electrons. The fourth-order valence-corrected chi connectivity index (χ4v) is 0. The van der Waals surface area contributed by atoms with Crippen LogP contribution in [0.1, 0.15) is 13.8 Å². The molecule has 0 aromatic carbocycles. The Bertz CT molecular complexity index is 82.2. The summed E-state index contributed by atoms with van der Waals surface area (Å²) in [5.74, 6) is -0.979. The molecule has 0 aliphatic carbocycles. The summed E-state index contributed by atoms with van der Waals surface area (Å²) in [5, 5.41) is 8.12. The molecule has 0 radical (unpaired) electrons. The standard InChI is InChI=1S/C4H9NO2/c1-4(2,5)3(6)7/h5H2,1-2H3,(H,6,7)/i3-1. The fraction of sp³-hybridized carbons (Fsp3) is 0.750. The minimum Gasteiger partial charge on any atom is -0.480 e. The number of aliphatic carboxylic acids is 1. The van der Waals surface area contributed by atoms with Gasteiger partial charge in [0.05, 0.1) is 0 Å². The highest BCUT2D eigenvalue weighted by Gasteiger charge is 2.19. The molecule has 3 nitrogen and oxygen atoms in total. The first-order valence-electron chi connectivity index (χ1n) is 1.97. The molecule has 0 aromatic rings. The molecule has 3 heteroatoms. The van der Waals surface area contributed by atoms with E-state index in [4.69, 9.17) is 10.8 Å². The smallest absolute Gasteiger partial charge is 0.323 e. The molecule has 0 atom stereocenters. The fourth-order valence-electron chi connectivity index (χ4n) is 0. The number of carboxylic acids is 1. The van der Waals surface area contributed by atoms with E-state index in [-0.39, 0.29) is 0 Å². The summed E-state index contributed by atoms with van der Waals surface area (Å²) in [4.78, 5) is 9.90. The van der Waals surface area contributed by atoms with Crippen LogP contribution in [-0.4, -0.2) is 16.6 Å². The van der Waals surface area contributed by atoms with Gasteiger partial charge in [0, 0.05) is 0 Å². The summed E-state index contributed by atoms with van der Waals surface area (Å²) in [6.07, 6.45) is 0. The lowest BCUT2D eigenvalue weighted by Crippen LogP contribution is -2.41. The quantitative estimate of drug-likeness (QED) is 0.482. The summed E-state index contributed by atoms with van der Waals surface area (Å²) >= 11 is 0. The van der Waals surface area contributed by atoms with Gasteiger partial charge in [0.25, 0.3) is 0 Å². The second-order valence-corrected chi connectivity index (χ2v) is 2.03. The van der Waals surface area contributed by atoms with Gasteiger partial charge in [-0.2, -0.15) is 0 Å². The van der Waals surface area contributed by atoms with Crippen LogP contribution in [-0.2, 0) is 4.79 Å².